The molecule has 0 aromatic heterocycles. The molecule has 3 atom stereocenters. The van der Waals surface area contributed by atoms with Gasteiger partial charge in [0.2, 0.25) is 5.91 Å². The Kier molecular flexibility index (Phi) is 46.6. The quantitative estimate of drug-likeness (QED) is 0.0322. The molecule has 0 saturated heterocycles. The van der Waals surface area contributed by atoms with Crippen molar-refractivity contribution in [3.63, 3.8) is 0 Å². The van der Waals surface area contributed by atoms with Crippen LogP contribution in [0.2, 0.25) is 0 Å². The molecule has 0 aromatic rings. The molecule has 0 aliphatic heterocycles. The van der Waals surface area contributed by atoms with Crippen LogP contribution in [0.5, 0.6) is 0 Å². The lowest BCUT2D eigenvalue weighted by Gasteiger charge is -2.24. The molecular formula is C55H99NO5. The van der Waals surface area contributed by atoms with E-state index in [-0.39, 0.29) is 24.9 Å². The molecule has 1 amide bonds. The van der Waals surface area contributed by atoms with E-state index in [4.69, 9.17) is 4.74 Å². The number of aliphatic hydroxyl groups is 2. The maximum Gasteiger partial charge on any atom is 0.306 e. The maximum atomic E-state index is 13.2. The van der Waals surface area contributed by atoms with E-state index in [0.29, 0.717) is 25.7 Å². The Labute approximate surface area is 378 Å². The molecular weight excluding hydrogens is 755 g/mol. The number of esters is 1. The summed E-state index contributed by atoms with van der Waals surface area (Å²) >= 11 is 0. The van der Waals surface area contributed by atoms with Crippen molar-refractivity contribution < 1.29 is 24.5 Å². The molecule has 0 saturated carbocycles. The summed E-state index contributed by atoms with van der Waals surface area (Å²) in [6.07, 6.45) is 60.0. The van der Waals surface area contributed by atoms with Gasteiger partial charge < -0.3 is 20.3 Å². The lowest BCUT2D eigenvalue weighted by Crippen LogP contribution is -2.46. The molecule has 354 valence electrons. The Bertz CT molecular complexity index is 1090. The summed E-state index contributed by atoms with van der Waals surface area (Å²) in [6.45, 7) is 6.34. The van der Waals surface area contributed by atoms with E-state index in [1.807, 2.05) is 48.6 Å². The second-order valence-corrected chi connectivity index (χ2v) is 17.7. The highest BCUT2D eigenvalue weighted by atomic mass is 16.5. The molecule has 0 radical (unpaired) electrons. The molecule has 0 aliphatic carbocycles. The van der Waals surface area contributed by atoms with Gasteiger partial charge in [-0.05, 0) is 38.5 Å². The number of hydrogen-bond donors (Lipinski definition) is 3. The largest absolute Gasteiger partial charge is 0.462 e. The fraction of sp³-hybridized carbons (Fsp3) is 0.782. The van der Waals surface area contributed by atoms with Crippen LogP contribution in [-0.2, 0) is 14.3 Å². The molecule has 0 aromatic carbocycles. The van der Waals surface area contributed by atoms with Crippen LogP contribution < -0.4 is 5.32 Å². The zero-order valence-electron chi connectivity index (χ0n) is 40.3. The Balaban J connectivity index is 4.61. The molecule has 0 rings (SSSR count). The second kappa shape index (κ2) is 48.6. The minimum Gasteiger partial charge on any atom is -0.462 e. The number of allylic oxidation sites excluding steroid dienone is 10. The number of aliphatic hydroxyl groups excluding tert-OH is 2. The smallest absolute Gasteiger partial charge is 0.306 e. The molecule has 0 heterocycles. The first-order chi connectivity index (χ1) is 30.0. The van der Waals surface area contributed by atoms with Gasteiger partial charge in [0.1, 0.15) is 6.10 Å². The van der Waals surface area contributed by atoms with Crippen LogP contribution in [0.25, 0.3) is 0 Å². The van der Waals surface area contributed by atoms with Gasteiger partial charge >= 0.3 is 5.97 Å². The number of ether oxygens (including phenoxy) is 1. The maximum absolute atomic E-state index is 13.2. The van der Waals surface area contributed by atoms with Crippen molar-refractivity contribution in [2.75, 3.05) is 6.61 Å². The van der Waals surface area contributed by atoms with Gasteiger partial charge in [-0.15, -0.1) is 0 Å². The molecule has 61 heavy (non-hydrogen) atoms. The summed E-state index contributed by atoms with van der Waals surface area (Å²) < 4.78 is 5.89. The minimum absolute atomic E-state index is 0.0502. The second-order valence-electron chi connectivity index (χ2n) is 17.7. The first-order valence-corrected chi connectivity index (χ1v) is 26.1. The Morgan fingerprint density at radius 1 is 0.492 bits per heavy atom. The first kappa shape index (κ1) is 58.6. The van der Waals surface area contributed by atoms with Gasteiger partial charge in [0.05, 0.1) is 25.2 Å². The van der Waals surface area contributed by atoms with Crippen LogP contribution in [0.4, 0.5) is 0 Å². The summed E-state index contributed by atoms with van der Waals surface area (Å²) in [6, 6.07) is -0.715. The van der Waals surface area contributed by atoms with E-state index in [0.717, 1.165) is 51.4 Å². The standard InChI is InChI=1S/C55H99NO5/c1-4-7-10-13-16-19-22-25-26-27-30-32-35-38-41-44-47-53(58)52(50-57)56-54(59)49-51(46-43-40-37-34-31-28-23-20-17-14-11-8-5-2)61-55(60)48-45-42-39-36-33-29-24-21-18-15-12-9-6-3/h9,12,15,18,21,24,29,33,36,39,51-53,57-58H,4-8,10-11,13-14,16-17,19-20,22-23,25-28,30-32,34-35,37-38,40-50H2,1-3H3,(H,56,59)/b12-9+,18-15+,24-21-,33-29-,39-36+. The van der Waals surface area contributed by atoms with E-state index in [1.165, 1.54) is 148 Å². The highest BCUT2D eigenvalue weighted by Crippen LogP contribution is 2.18. The fourth-order valence-electron chi connectivity index (χ4n) is 7.81. The summed E-state index contributed by atoms with van der Waals surface area (Å²) in [5, 5.41) is 23.8. The van der Waals surface area contributed by atoms with Crippen molar-refractivity contribution in [1.82, 2.24) is 5.32 Å². The van der Waals surface area contributed by atoms with E-state index < -0.39 is 18.2 Å². The zero-order valence-corrected chi connectivity index (χ0v) is 40.3. The number of unbranched alkanes of at least 4 members (excludes halogenated alkanes) is 28. The lowest BCUT2D eigenvalue weighted by atomic mass is 10.0. The van der Waals surface area contributed by atoms with Gasteiger partial charge in [0.15, 0.2) is 0 Å². The van der Waals surface area contributed by atoms with Crippen molar-refractivity contribution in [2.45, 2.75) is 270 Å². The molecule has 0 fully saturated rings. The predicted molar refractivity (Wildman–Crippen MR) is 264 cm³/mol. The minimum atomic E-state index is -0.800. The van der Waals surface area contributed by atoms with Gasteiger partial charge in [-0.25, -0.2) is 0 Å². The number of amides is 1. The summed E-state index contributed by atoms with van der Waals surface area (Å²) in [7, 11) is 0. The summed E-state index contributed by atoms with van der Waals surface area (Å²) in [5.41, 5.74) is 0. The van der Waals surface area contributed by atoms with Gasteiger partial charge in [-0.3, -0.25) is 9.59 Å². The van der Waals surface area contributed by atoms with Crippen LogP contribution in [0, 0.1) is 0 Å². The molecule has 0 aliphatic rings. The molecule has 6 nitrogen and oxygen atoms in total. The average Bonchev–Trinajstić information content (AvgIpc) is 3.25. The molecule has 0 spiro atoms. The number of carbonyl (C=O) groups excluding carboxylic acids is 2. The van der Waals surface area contributed by atoms with Crippen molar-refractivity contribution >= 4 is 11.9 Å². The van der Waals surface area contributed by atoms with Crippen LogP contribution in [0.15, 0.2) is 60.8 Å². The van der Waals surface area contributed by atoms with Crippen LogP contribution in [0.3, 0.4) is 0 Å². The number of hydrogen-bond acceptors (Lipinski definition) is 5. The molecule has 0 bridgehead atoms. The first-order valence-electron chi connectivity index (χ1n) is 26.1. The van der Waals surface area contributed by atoms with Crippen molar-refractivity contribution in [3.8, 4) is 0 Å². The monoisotopic (exact) mass is 854 g/mol. The molecule has 3 unspecified atom stereocenters. The van der Waals surface area contributed by atoms with Crippen LogP contribution >= 0.6 is 0 Å². The Morgan fingerprint density at radius 3 is 1.28 bits per heavy atom. The predicted octanol–water partition coefficient (Wildman–Crippen LogP) is 15.6. The normalized spacial score (nSPS) is 13.7. The zero-order chi connectivity index (χ0) is 44.5. The fourth-order valence-corrected chi connectivity index (χ4v) is 7.81. The van der Waals surface area contributed by atoms with Crippen LogP contribution in [0.1, 0.15) is 252 Å². The van der Waals surface area contributed by atoms with Crippen molar-refractivity contribution in [2.24, 2.45) is 0 Å². The third kappa shape index (κ3) is 44.0. The van der Waals surface area contributed by atoms with Gasteiger partial charge in [-0.2, -0.15) is 0 Å². The van der Waals surface area contributed by atoms with E-state index in [9.17, 15) is 19.8 Å². The molecule has 3 N–H and O–H groups in total. The highest BCUT2D eigenvalue weighted by Gasteiger charge is 2.24. The van der Waals surface area contributed by atoms with Crippen molar-refractivity contribution in [3.05, 3.63) is 60.8 Å². The Morgan fingerprint density at radius 2 is 0.869 bits per heavy atom. The highest BCUT2D eigenvalue weighted by molar-refractivity contribution is 5.77. The van der Waals surface area contributed by atoms with E-state index >= 15 is 0 Å². The Hall–Kier alpha value is -2.44. The number of nitrogens with one attached hydrogen (secondary N) is 1. The SMILES string of the molecule is CC/C=C/C=C/C=C\C=C/C=C/CCCC(=O)OC(CCCCCCCCCCCCCCC)CC(=O)NC(CO)C(O)CCCCCCCCCCCCCCCCCC. The third-order valence-electron chi connectivity index (χ3n) is 11.7. The van der Waals surface area contributed by atoms with E-state index in [2.05, 4.69) is 38.2 Å². The topological polar surface area (TPSA) is 95.9 Å². The molecule has 6 heteroatoms. The van der Waals surface area contributed by atoms with Gasteiger partial charge in [0, 0.05) is 6.42 Å². The third-order valence-corrected chi connectivity index (χ3v) is 11.7. The number of carbonyl (C=O) groups is 2. The number of rotatable bonds is 46. The summed E-state index contributed by atoms with van der Waals surface area (Å²) in [4.78, 5) is 26.1. The summed E-state index contributed by atoms with van der Waals surface area (Å²) in [5.74, 6) is -0.556. The van der Waals surface area contributed by atoms with Crippen LogP contribution in [-0.4, -0.2) is 46.9 Å². The lowest BCUT2D eigenvalue weighted by molar-refractivity contribution is -0.151. The van der Waals surface area contributed by atoms with Gasteiger partial charge in [-0.1, -0.05) is 261 Å². The van der Waals surface area contributed by atoms with Gasteiger partial charge in [0.25, 0.3) is 0 Å². The van der Waals surface area contributed by atoms with Crippen molar-refractivity contribution in [1.29, 1.82) is 0 Å². The average molecular weight is 854 g/mol. The van der Waals surface area contributed by atoms with E-state index in [1.54, 1.807) is 0 Å².